The summed E-state index contributed by atoms with van der Waals surface area (Å²) in [6, 6.07) is 14.1. The van der Waals surface area contributed by atoms with Crippen molar-refractivity contribution in [1.29, 1.82) is 0 Å². The molecule has 0 aliphatic carbocycles. The average Bonchev–Trinajstić information content (AvgIpc) is 2.47. The predicted octanol–water partition coefficient (Wildman–Crippen LogP) is 4.22. The van der Waals surface area contributed by atoms with Crippen LogP contribution in [0.5, 0.6) is 5.75 Å². The Morgan fingerprint density at radius 1 is 1.05 bits per heavy atom. The Balaban J connectivity index is 2.10. The lowest BCUT2D eigenvalue weighted by Gasteiger charge is -2.01. The molecular weight excluding hydrogens is 268 g/mol. The Morgan fingerprint density at radius 3 is 2.67 bits per heavy atom. The van der Waals surface area contributed by atoms with Gasteiger partial charge in [0.15, 0.2) is 5.75 Å². The molecule has 0 bridgehead atoms. The Morgan fingerprint density at radius 2 is 1.86 bits per heavy atom. The van der Waals surface area contributed by atoms with Gasteiger partial charge < -0.3 is 9.52 Å². The first-order valence-electron chi connectivity index (χ1n) is 6.38. The van der Waals surface area contributed by atoms with Crippen molar-refractivity contribution in [2.24, 2.45) is 10.2 Å². The molecule has 5 nitrogen and oxygen atoms in total. The van der Waals surface area contributed by atoms with E-state index in [1.165, 1.54) is 0 Å². The molecule has 0 spiro atoms. The van der Waals surface area contributed by atoms with E-state index in [0.29, 0.717) is 16.7 Å². The third-order valence-electron chi connectivity index (χ3n) is 3.03. The van der Waals surface area contributed by atoms with E-state index in [4.69, 9.17) is 4.42 Å². The number of azo groups is 1. The lowest BCUT2D eigenvalue weighted by atomic mass is 10.2. The van der Waals surface area contributed by atoms with Crippen molar-refractivity contribution in [1.82, 2.24) is 0 Å². The maximum Gasteiger partial charge on any atom is 0.368 e. The number of aryl methyl sites for hydroxylation is 1. The summed E-state index contributed by atoms with van der Waals surface area (Å²) in [6.07, 6.45) is 0. The molecule has 2 aromatic carbocycles. The van der Waals surface area contributed by atoms with Crippen LogP contribution in [0.1, 0.15) is 5.56 Å². The first-order chi connectivity index (χ1) is 10.1. The summed E-state index contributed by atoms with van der Waals surface area (Å²) in [5.41, 5.74) is 1.02. The summed E-state index contributed by atoms with van der Waals surface area (Å²) in [7, 11) is 0. The second-order valence-electron chi connectivity index (χ2n) is 4.62. The maximum absolute atomic E-state index is 11.9. The summed E-state index contributed by atoms with van der Waals surface area (Å²) in [4.78, 5) is 11.9. The fraction of sp³-hybridized carbons (Fsp3) is 0.0625. The number of hydrogen-bond donors (Lipinski definition) is 1. The highest BCUT2D eigenvalue weighted by Gasteiger charge is 2.13. The zero-order valence-corrected chi connectivity index (χ0v) is 11.3. The molecule has 5 heteroatoms. The molecule has 0 saturated heterocycles. The Hall–Kier alpha value is -2.95. The molecule has 3 rings (SSSR count). The molecule has 3 aromatic rings. The molecule has 1 aromatic heterocycles. The zero-order valence-electron chi connectivity index (χ0n) is 11.3. The minimum Gasteiger partial charge on any atom is -0.505 e. The highest BCUT2D eigenvalue weighted by molar-refractivity contribution is 5.87. The van der Waals surface area contributed by atoms with Crippen molar-refractivity contribution >= 4 is 22.3 Å². The molecule has 0 radical (unpaired) electrons. The van der Waals surface area contributed by atoms with E-state index < -0.39 is 5.63 Å². The van der Waals surface area contributed by atoms with Gasteiger partial charge in [-0.25, -0.2) is 4.79 Å². The van der Waals surface area contributed by atoms with Crippen LogP contribution in [0.2, 0.25) is 0 Å². The number of para-hydroxylation sites is 1. The SMILES string of the molecule is Cc1cccc(N=Nc2c(O)c3ccccc3oc2=O)c1. The number of benzene rings is 2. The predicted molar refractivity (Wildman–Crippen MR) is 79.5 cm³/mol. The topological polar surface area (TPSA) is 75.2 Å². The van der Waals surface area contributed by atoms with Crippen molar-refractivity contribution in [2.45, 2.75) is 6.92 Å². The van der Waals surface area contributed by atoms with E-state index >= 15 is 0 Å². The van der Waals surface area contributed by atoms with Gasteiger partial charge in [-0.2, -0.15) is 5.11 Å². The van der Waals surface area contributed by atoms with E-state index in [-0.39, 0.29) is 11.4 Å². The van der Waals surface area contributed by atoms with Gasteiger partial charge in [-0.05, 0) is 36.8 Å². The molecule has 1 N–H and O–H groups in total. The largest absolute Gasteiger partial charge is 0.505 e. The fourth-order valence-corrected chi connectivity index (χ4v) is 2.01. The highest BCUT2D eigenvalue weighted by atomic mass is 16.4. The van der Waals surface area contributed by atoms with Crippen LogP contribution >= 0.6 is 0 Å². The Labute approximate surface area is 120 Å². The molecule has 104 valence electrons. The Kier molecular flexibility index (Phi) is 3.23. The van der Waals surface area contributed by atoms with Crippen LogP contribution in [-0.2, 0) is 0 Å². The van der Waals surface area contributed by atoms with E-state index in [9.17, 15) is 9.90 Å². The summed E-state index contributed by atoms with van der Waals surface area (Å²) in [5.74, 6) is -0.224. The molecule has 0 unspecified atom stereocenters. The van der Waals surface area contributed by atoms with Gasteiger partial charge in [-0.3, -0.25) is 0 Å². The normalized spacial score (nSPS) is 11.3. The number of hydrogen-bond acceptors (Lipinski definition) is 5. The minimum atomic E-state index is -0.720. The smallest absolute Gasteiger partial charge is 0.368 e. The van der Waals surface area contributed by atoms with Crippen molar-refractivity contribution in [2.75, 3.05) is 0 Å². The van der Waals surface area contributed by atoms with Crippen molar-refractivity contribution < 1.29 is 9.52 Å². The summed E-state index contributed by atoms with van der Waals surface area (Å²) in [5, 5.41) is 18.4. The molecule has 0 aliphatic rings. The zero-order chi connectivity index (χ0) is 14.8. The summed E-state index contributed by atoms with van der Waals surface area (Å²) in [6.45, 7) is 1.93. The standard InChI is InChI=1S/C16H12N2O3/c1-10-5-4-6-11(9-10)17-18-14-15(19)12-7-2-3-8-13(12)21-16(14)20/h2-9,19H,1H3. The fourth-order valence-electron chi connectivity index (χ4n) is 2.01. The quantitative estimate of drug-likeness (QED) is 0.564. The minimum absolute atomic E-state index is 0.199. The second kappa shape index (κ2) is 5.20. The van der Waals surface area contributed by atoms with Gasteiger partial charge in [-0.15, -0.1) is 5.11 Å². The number of fused-ring (bicyclic) bond motifs is 1. The van der Waals surface area contributed by atoms with E-state index in [1.54, 1.807) is 30.3 Å². The van der Waals surface area contributed by atoms with Gasteiger partial charge in [0.2, 0.25) is 5.69 Å². The molecule has 0 amide bonds. The number of aromatic hydroxyl groups is 1. The lowest BCUT2D eigenvalue weighted by molar-refractivity contribution is 0.469. The molecule has 1 heterocycles. The van der Waals surface area contributed by atoms with E-state index in [2.05, 4.69) is 10.2 Å². The van der Waals surface area contributed by atoms with Crippen molar-refractivity contribution in [3.05, 3.63) is 64.5 Å². The third-order valence-corrected chi connectivity index (χ3v) is 3.03. The molecule has 0 fully saturated rings. The monoisotopic (exact) mass is 280 g/mol. The average molecular weight is 280 g/mol. The van der Waals surface area contributed by atoms with Crippen LogP contribution < -0.4 is 5.63 Å². The van der Waals surface area contributed by atoms with Gasteiger partial charge in [0.1, 0.15) is 5.58 Å². The van der Waals surface area contributed by atoms with E-state index in [1.807, 2.05) is 25.1 Å². The van der Waals surface area contributed by atoms with Gasteiger partial charge in [0, 0.05) is 0 Å². The van der Waals surface area contributed by atoms with Crippen LogP contribution in [-0.4, -0.2) is 5.11 Å². The molecule has 0 aliphatic heterocycles. The van der Waals surface area contributed by atoms with Gasteiger partial charge in [0.05, 0.1) is 11.1 Å². The maximum atomic E-state index is 11.9. The summed E-state index contributed by atoms with van der Waals surface area (Å²) >= 11 is 0. The molecule has 0 saturated carbocycles. The number of rotatable bonds is 2. The van der Waals surface area contributed by atoms with Gasteiger partial charge in [-0.1, -0.05) is 24.3 Å². The first kappa shape index (κ1) is 13.1. The van der Waals surface area contributed by atoms with Gasteiger partial charge >= 0.3 is 5.63 Å². The highest BCUT2D eigenvalue weighted by Crippen LogP contribution is 2.32. The second-order valence-corrected chi connectivity index (χ2v) is 4.62. The molecular formula is C16H12N2O3. The number of nitrogens with zero attached hydrogens (tertiary/aromatic N) is 2. The van der Waals surface area contributed by atoms with Crippen LogP contribution in [0.3, 0.4) is 0 Å². The van der Waals surface area contributed by atoms with Crippen molar-refractivity contribution in [3.8, 4) is 5.75 Å². The van der Waals surface area contributed by atoms with Crippen LogP contribution in [0, 0.1) is 6.92 Å². The molecule has 21 heavy (non-hydrogen) atoms. The van der Waals surface area contributed by atoms with Crippen LogP contribution in [0.25, 0.3) is 11.0 Å². The third kappa shape index (κ3) is 2.53. The lowest BCUT2D eigenvalue weighted by Crippen LogP contribution is -1.98. The van der Waals surface area contributed by atoms with E-state index in [0.717, 1.165) is 5.56 Å². The van der Waals surface area contributed by atoms with Crippen molar-refractivity contribution in [3.63, 3.8) is 0 Å². The Bertz CT molecular complexity index is 897. The van der Waals surface area contributed by atoms with Gasteiger partial charge in [0.25, 0.3) is 0 Å². The first-order valence-corrected chi connectivity index (χ1v) is 6.38. The summed E-state index contributed by atoms with van der Waals surface area (Å²) < 4.78 is 5.12. The molecule has 0 atom stereocenters. The van der Waals surface area contributed by atoms with Crippen LogP contribution in [0.4, 0.5) is 11.4 Å². The van der Waals surface area contributed by atoms with Crippen LogP contribution in [0.15, 0.2) is 68.0 Å².